The van der Waals surface area contributed by atoms with E-state index in [0.29, 0.717) is 5.92 Å². The smallest absolute Gasteiger partial charge is 0.191 e. The zero-order valence-corrected chi connectivity index (χ0v) is 17.9. The van der Waals surface area contributed by atoms with Gasteiger partial charge in [-0.3, -0.25) is 4.99 Å². The van der Waals surface area contributed by atoms with Crippen LogP contribution in [0.1, 0.15) is 57.1 Å². The maximum Gasteiger partial charge on any atom is 0.191 e. The summed E-state index contributed by atoms with van der Waals surface area (Å²) in [5.41, 5.74) is 0. The van der Waals surface area contributed by atoms with E-state index in [2.05, 4.69) is 10.6 Å². The number of furan rings is 1. The van der Waals surface area contributed by atoms with Crippen LogP contribution < -0.4 is 10.6 Å². The van der Waals surface area contributed by atoms with Crippen LogP contribution >= 0.6 is 0 Å². The van der Waals surface area contributed by atoms with Crippen LogP contribution in [0.3, 0.4) is 0 Å². The first kappa shape index (κ1) is 22.2. The second-order valence-electron chi connectivity index (χ2n) is 8.36. The van der Waals surface area contributed by atoms with Crippen molar-refractivity contribution in [2.45, 2.75) is 57.8 Å². The van der Waals surface area contributed by atoms with Crippen molar-refractivity contribution in [1.29, 1.82) is 0 Å². The van der Waals surface area contributed by atoms with Gasteiger partial charge in [0.15, 0.2) is 5.96 Å². The normalized spacial score (nSPS) is 19.4. The van der Waals surface area contributed by atoms with Gasteiger partial charge in [0.25, 0.3) is 0 Å². The Morgan fingerprint density at radius 2 is 1.86 bits per heavy atom. The summed E-state index contributed by atoms with van der Waals surface area (Å²) in [6.07, 6.45) is 12.6. The van der Waals surface area contributed by atoms with Gasteiger partial charge in [-0.1, -0.05) is 19.3 Å². The van der Waals surface area contributed by atoms with Crippen LogP contribution in [0.4, 0.5) is 0 Å². The lowest BCUT2D eigenvalue weighted by Gasteiger charge is -2.22. The van der Waals surface area contributed by atoms with E-state index in [4.69, 9.17) is 18.9 Å². The molecule has 0 bridgehead atoms. The summed E-state index contributed by atoms with van der Waals surface area (Å²) >= 11 is 0. The molecule has 1 aromatic rings. The van der Waals surface area contributed by atoms with Crippen LogP contribution in [0.15, 0.2) is 27.8 Å². The van der Waals surface area contributed by atoms with Crippen LogP contribution in [-0.2, 0) is 15.9 Å². The number of hydrogen-bond donors (Lipinski definition) is 2. The maximum atomic E-state index is 5.87. The van der Waals surface area contributed by atoms with Gasteiger partial charge in [-0.05, 0) is 56.1 Å². The molecular formula is C23H39N3O3. The Balaban J connectivity index is 1.32. The predicted molar refractivity (Wildman–Crippen MR) is 116 cm³/mol. The molecule has 2 N–H and O–H groups in total. The Kier molecular flexibility index (Phi) is 10.4. The van der Waals surface area contributed by atoms with Gasteiger partial charge in [-0.2, -0.15) is 0 Å². The molecular weight excluding hydrogens is 366 g/mol. The molecule has 1 aromatic heterocycles. The molecule has 0 atom stereocenters. The molecule has 29 heavy (non-hydrogen) atoms. The number of hydrogen-bond acceptors (Lipinski definition) is 4. The lowest BCUT2D eigenvalue weighted by Crippen LogP contribution is -2.39. The van der Waals surface area contributed by atoms with Crippen molar-refractivity contribution in [2.24, 2.45) is 16.8 Å². The summed E-state index contributed by atoms with van der Waals surface area (Å²) in [4.78, 5) is 4.87. The molecule has 1 saturated heterocycles. The lowest BCUT2D eigenvalue weighted by molar-refractivity contribution is 0.0203. The average Bonchev–Trinajstić information content (AvgIpc) is 3.29. The van der Waals surface area contributed by atoms with Crippen molar-refractivity contribution in [3.63, 3.8) is 0 Å². The fraction of sp³-hybridized carbons (Fsp3) is 0.783. The predicted octanol–water partition coefficient (Wildman–Crippen LogP) is 3.77. The largest absolute Gasteiger partial charge is 0.469 e. The summed E-state index contributed by atoms with van der Waals surface area (Å²) in [7, 11) is 0. The van der Waals surface area contributed by atoms with Gasteiger partial charge < -0.3 is 24.5 Å². The van der Waals surface area contributed by atoms with Crippen molar-refractivity contribution in [1.82, 2.24) is 10.6 Å². The molecule has 0 unspecified atom stereocenters. The van der Waals surface area contributed by atoms with Crippen molar-refractivity contribution >= 4 is 5.96 Å². The third-order valence-corrected chi connectivity index (χ3v) is 5.93. The van der Waals surface area contributed by atoms with Gasteiger partial charge in [-0.15, -0.1) is 0 Å². The zero-order chi connectivity index (χ0) is 20.0. The van der Waals surface area contributed by atoms with E-state index in [-0.39, 0.29) is 0 Å². The molecule has 2 fully saturated rings. The summed E-state index contributed by atoms with van der Waals surface area (Å²) in [6.45, 7) is 6.08. The Morgan fingerprint density at radius 3 is 2.66 bits per heavy atom. The molecule has 164 valence electrons. The quantitative estimate of drug-likeness (QED) is 0.333. The highest BCUT2D eigenvalue weighted by atomic mass is 16.5. The Bertz CT molecular complexity index is 550. The summed E-state index contributed by atoms with van der Waals surface area (Å²) in [5, 5.41) is 6.95. The Morgan fingerprint density at radius 1 is 1.03 bits per heavy atom. The first-order valence-corrected chi connectivity index (χ1v) is 11.6. The van der Waals surface area contributed by atoms with E-state index in [9.17, 15) is 0 Å². The minimum atomic E-state index is 0.674. The second kappa shape index (κ2) is 13.6. The summed E-state index contributed by atoms with van der Waals surface area (Å²) in [5.74, 6) is 3.35. The Hall–Kier alpha value is -1.53. The second-order valence-corrected chi connectivity index (χ2v) is 8.36. The Labute approximate surface area is 175 Å². The molecule has 1 aliphatic carbocycles. The molecule has 2 heterocycles. The number of ether oxygens (including phenoxy) is 2. The van der Waals surface area contributed by atoms with Crippen LogP contribution in [0.5, 0.6) is 0 Å². The number of aliphatic imine (C=N–C) groups is 1. The molecule has 1 aliphatic heterocycles. The fourth-order valence-electron chi connectivity index (χ4n) is 4.07. The number of nitrogens with zero attached hydrogens (tertiary/aromatic N) is 1. The highest BCUT2D eigenvalue weighted by Gasteiger charge is 2.14. The molecule has 1 saturated carbocycles. The SMILES string of the molecule is c1coc(CCNC(=NCC2CCCCC2)NCCCOCC2CCOCC2)c1. The minimum Gasteiger partial charge on any atom is -0.469 e. The van der Waals surface area contributed by atoms with Crippen LogP contribution in [0.2, 0.25) is 0 Å². The molecule has 0 amide bonds. The van der Waals surface area contributed by atoms with Gasteiger partial charge in [0.05, 0.1) is 6.26 Å². The van der Waals surface area contributed by atoms with E-state index in [0.717, 1.165) is 89.4 Å². The molecule has 2 aliphatic rings. The van der Waals surface area contributed by atoms with Crippen LogP contribution in [-0.4, -0.2) is 52.0 Å². The number of rotatable bonds is 11. The van der Waals surface area contributed by atoms with Gasteiger partial charge in [0.1, 0.15) is 5.76 Å². The average molecular weight is 406 g/mol. The van der Waals surface area contributed by atoms with Gasteiger partial charge >= 0.3 is 0 Å². The number of guanidine groups is 1. The van der Waals surface area contributed by atoms with E-state index in [1.54, 1.807) is 6.26 Å². The van der Waals surface area contributed by atoms with Crippen LogP contribution in [0.25, 0.3) is 0 Å². The van der Waals surface area contributed by atoms with E-state index < -0.39 is 0 Å². The monoisotopic (exact) mass is 405 g/mol. The van der Waals surface area contributed by atoms with E-state index >= 15 is 0 Å². The van der Waals surface area contributed by atoms with Crippen molar-refractivity contribution in [2.75, 3.05) is 46.1 Å². The molecule has 6 nitrogen and oxygen atoms in total. The third kappa shape index (κ3) is 9.22. The van der Waals surface area contributed by atoms with Crippen molar-refractivity contribution in [3.8, 4) is 0 Å². The summed E-state index contributed by atoms with van der Waals surface area (Å²) in [6, 6.07) is 3.95. The van der Waals surface area contributed by atoms with Gasteiger partial charge in [0, 0.05) is 52.5 Å². The summed E-state index contributed by atoms with van der Waals surface area (Å²) < 4.78 is 16.7. The highest BCUT2D eigenvalue weighted by molar-refractivity contribution is 5.79. The first-order valence-electron chi connectivity index (χ1n) is 11.6. The molecule has 3 rings (SSSR count). The maximum absolute atomic E-state index is 5.87. The molecule has 0 radical (unpaired) electrons. The molecule has 6 heteroatoms. The van der Waals surface area contributed by atoms with Gasteiger partial charge in [0.2, 0.25) is 0 Å². The topological polar surface area (TPSA) is 68.0 Å². The standard InChI is InChI=1S/C23H39N3O3/c1-2-6-20(7-3-1)18-26-23(25-13-9-22-8-4-15-29-22)24-12-5-14-28-19-21-10-16-27-17-11-21/h4,8,15,20-21H,1-3,5-7,9-14,16-19H2,(H2,24,25,26). The minimum absolute atomic E-state index is 0.674. The van der Waals surface area contributed by atoms with Crippen LogP contribution in [0, 0.1) is 11.8 Å². The van der Waals surface area contributed by atoms with Crippen molar-refractivity contribution in [3.05, 3.63) is 24.2 Å². The lowest BCUT2D eigenvalue weighted by atomic mass is 9.89. The zero-order valence-electron chi connectivity index (χ0n) is 17.9. The highest BCUT2D eigenvalue weighted by Crippen LogP contribution is 2.23. The first-order chi connectivity index (χ1) is 14.4. The van der Waals surface area contributed by atoms with E-state index in [1.165, 1.54) is 32.1 Å². The molecule has 0 aromatic carbocycles. The number of nitrogens with one attached hydrogen (secondary N) is 2. The van der Waals surface area contributed by atoms with E-state index in [1.807, 2.05) is 12.1 Å². The third-order valence-electron chi connectivity index (χ3n) is 5.93. The fourth-order valence-corrected chi connectivity index (χ4v) is 4.07. The van der Waals surface area contributed by atoms with Gasteiger partial charge in [-0.25, -0.2) is 0 Å². The van der Waals surface area contributed by atoms with Crippen molar-refractivity contribution < 1.29 is 13.9 Å². The molecule has 0 spiro atoms.